The lowest BCUT2D eigenvalue weighted by Gasteiger charge is -2.49. The number of esters is 1. The number of anilines is 1. The Morgan fingerprint density at radius 1 is 0.982 bits per heavy atom. The van der Waals surface area contributed by atoms with Gasteiger partial charge in [-0.2, -0.15) is 0 Å². The molecule has 56 heavy (non-hydrogen) atoms. The fourth-order valence-corrected chi connectivity index (χ4v) is 15.7. The van der Waals surface area contributed by atoms with E-state index in [1.165, 1.54) is 33.5 Å². The summed E-state index contributed by atoms with van der Waals surface area (Å²) < 4.78 is 43.0. The lowest BCUT2D eigenvalue weighted by atomic mass is 9.77. The molecule has 1 fully saturated rings. The number of β-lactam (4-membered cyclic amide) rings is 1. The number of ether oxygens (including phenoxy) is 1. The van der Waals surface area contributed by atoms with Crippen LogP contribution in [-0.2, 0) is 41.8 Å². The van der Waals surface area contributed by atoms with Gasteiger partial charge in [0, 0.05) is 30.0 Å². The molecule has 6 rings (SSSR count). The van der Waals surface area contributed by atoms with E-state index < -0.39 is 53.2 Å². The molecule has 0 bridgehead atoms. The van der Waals surface area contributed by atoms with Crippen LogP contribution < -0.4 is 4.31 Å². The Balaban J connectivity index is 1.35. The number of nitro benzene ring substituents is 1. The molecule has 0 spiro atoms. The molecule has 302 valence electrons. The van der Waals surface area contributed by atoms with Crippen molar-refractivity contribution >= 4 is 52.4 Å². The van der Waals surface area contributed by atoms with Gasteiger partial charge in [-0.1, -0.05) is 84.4 Å². The first kappa shape index (κ1) is 41.5. The van der Waals surface area contributed by atoms with Crippen molar-refractivity contribution in [1.82, 2.24) is 4.90 Å². The molecule has 4 atom stereocenters. The van der Waals surface area contributed by atoms with Crippen molar-refractivity contribution in [3.8, 4) is 0 Å². The second kappa shape index (κ2) is 17.2. The number of rotatable bonds is 20. The molecule has 2 unspecified atom stereocenters. The van der Waals surface area contributed by atoms with Crippen molar-refractivity contribution in [2.45, 2.75) is 121 Å². The minimum Gasteiger partial charge on any atom is -0.456 e. The maximum atomic E-state index is 14.4. The van der Waals surface area contributed by atoms with Gasteiger partial charge in [0.1, 0.15) is 12.3 Å². The largest absolute Gasteiger partial charge is 0.456 e. The Morgan fingerprint density at radius 2 is 1.62 bits per heavy atom. The summed E-state index contributed by atoms with van der Waals surface area (Å²) in [4.78, 5) is 40.9. The van der Waals surface area contributed by atoms with Gasteiger partial charge in [0.25, 0.3) is 15.7 Å². The first-order valence-electron chi connectivity index (χ1n) is 20.2. The number of carbonyl (C=O) groups excluding carboxylic acids is 2. The highest BCUT2D eigenvalue weighted by molar-refractivity contribution is 7.93. The van der Waals surface area contributed by atoms with Gasteiger partial charge in [-0.05, 0) is 77.8 Å². The third kappa shape index (κ3) is 7.64. The third-order valence-corrected chi connectivity index (χ3v) is 18.5. The Morgan fingerprint density at radius 3 is 2.21 bits per heavy atom. The minimum absolute atomic E-state index is 0.0450. The highest BCUT2D eigenvalue weighted by Crippen LogP contribution is 2.51. The number of benzene rings is 3. The molecule has 0 aromatic heterocycles. The predicted molar refractivity (Wildman–Crippen MR) is 218 cm³/mol. The van der Waals surface area contributed by atoms with E-state index in [9.17, 15) is 33.2 Å². The van der Waals surface area contributed by atoms with Crippen molar-refractivity contribution in [3.63, 3.8) is 0 Å². The molecule has 1 N–H and O–H groups in total. The SMILES string of the molecule is CCCC[Si](CCCC)(CCCC)O[C@H](C)C1C(=O)N2C(C(=O)OCc3ccc([N+](=O)[O-])cc3)=C(CN3c4cccc5c(CCO)ccc(c45)S3(=O)=O)[C@H](C)C12. The summed E-state index contributed by atoms with van der Waals surface area (Å²) in [6, 6.07) is 17.1. The summed E-state index contributed by atoms with van der Waals surface area (Å²) in [6.45, 7) is 10.1. The average Bonchev–Trinajstić information content (AvgIpc) is 3.56. The molecule has 3 heterocycles. The van der Waals surface area contributed by atoms with Gasteiger partial charge < -0.3 is 19.2 Å². The van der Waals surface area contributed by atoms with E-state index in [-0.39, 0.29) is 41.9 Å². The van der Waals surface area contributed by atoms with E-state index in [1.54, 1.807) is 24.3 Å². The zero-order valence-electron chi connectivity index (χ0n) is 33.2. The van der Waals surface area contributed by atoms with Crippen molar-refractivity contribution < 1.29 is 37.2 Å². The summed E-state index contributed by atoms with van der Waals surface area (Å²) in [5, 5.41) is 22.2. The number of carbonyl (C=O) groups is 2. The normalized spacial score (nSPS) is 20.4. The number of nitrogens with zero attached hydrogens (tertiary/aromatic N) is 3. The van der Waals surface area contributed by atoms with Crippen LogP contribution in [-0.4, -0.2) is 68.8 Å². The standard InChI is InChI=1S/C42H55N3O9SSi/c1-6-9-23-56(24-10-7-2,25-11-8-3)54-29(5)37-39-28(4)34(40(44(39)41(37)47)42(48)53-27-30-15-18-32(19-16-30)45(49)50)26-43-35-14-12-13-33-31(21-22-46)17-20-36(38(33)35)55(43,51)52/h12-20,28-29,37,39,46H,6-11,21-27H2,1-5H3/t28-,29+,37?,39?/m0/s1. The van der Waals surface area contributed by atoms with E-state index in [1.807, 2.05) is 19.9 Å². The number of amides is 1. The number of unbranched alkanes of at least 4 members (excludes halogenated alkanes) is 3. The summed E-state index contributed by atoms with van der Waals surface area (Å²) in [7, 11) is -6.28. The molecular weight excluding hydrogens is 751 g/mol. The van der Waals surface area contributed by atoms with Crippen LogP contribution in [0.25, 0.3) is 10.8 Å². The molecule has 3 aromatic carbocycles. The predicted octanol–water partition coefficient (Wildman–Crippen LogP) is 8.02. The maximum absolute atomic E-state index is 14.4. The molecule has 1 amide bonds. The van der Waals surface area contributed by atoms with Gasteiger partial charge in [0.2, 0.25) is 5.91 Å². The van der Waals surface area contributed by atoms with Crippen LogP contribution in [0.5, 0.6) is 0 Å². The number of fused-ring (bicyclic) bond motifs is 1. The maximum Gasteiger partial charge on any atom is 0.355 e. The van der Waals surface area contributed by atoms with E-state index in [0.717, 1.165) is 67.6 Å². The van der Waals surface area contributed by atoms with Crippen LogP contribution >= 0.6 is 0 Å². The first-order chi connectivity index (χ1) is 26.8. The summed E-state index contributed by atoms with van der Waals surface area (Å²) in [6.07, 6.45) is 6.42. The molecular formula is C42H55N3O9SSi. The molecule has 3 aliphatic heterocycles. The zero-order valence-corrected chi connectivity index (χ0v) is 35.0. The van der Waals surface area contributed by atoms with Crippen molar-refractivity contribution in [2.75, 3.05) is 17.5 Å². The first-order valence-corrected chi connectivity index (χ1v) is 24.1. The Kier molecular flexibility index (Phi) is 12.7. The van der Waals surface area contributed by atoms with E-state index >= 15 is 0 Å². The molecule has 14 heteroatoms. The third-order valence-electron chi connectivity index (χ3n) is 12.0. The lowest BCUT2D eigenvalue weighted by Crippen LogP contribution is -2.65. The van der Waals surface area contributed by atoms with Crippen LogP contribution in [0, 0.1) is 22.0 Å². The van der Waals surface area contributed by atoms with Crippen molar-refractivity contribution in [2.24, 2.45) is 11.8 Å². The fraction of sp³-hybridized carbons (Fsp3) is 0.524. The summed E-state index contributed by atoms with van der Waals surface area (Å²) in [5.74, 6) is -1.91. The van der Waals surface area contributed by atoms with Crippen LogP contribution in [0.1, 0.15) is 84.3 Å². The Labute approximate surface area is 331 Å². The van der Waals surface area contributed by atoms with Gasteiger partial charge in [0.05, 0.1) is 40.1 Å². The van der Waals surface area contributed by atoms with Crippen molar-refractivity contribution in [1.29, 1.82) is 0 Å². The molecule has 3 aliphatic rings. The van der Waals surface area contributed by atoms with Gasteiger partial charge in [0.15, 0.2) is 8.32 Å². The number of nitro groups is 1. The second-order valence-corrected chi connectivity index (χ2v) is 21.5. The lowest BCUT2D eigenvalue weighted by molar-refractivity contribution is -0.384. The number of hydrogen-bond donors (Lipinski definition) is 1. The Hall–Kier alpha value is -4.11. The number of sulfonamides is 1. The van der Waals surface area contributed by atoms with Gasteiger partial charge in [-0.3, -0.25) is 19.2 Å². The van der Waals surface area contributed by atoms with Crippen molar-refractivity contribution in [3.05, 3.63) is 87.1 Å². The molecule has 0 aliphatic carbocycles. The monoisotopic (exact) mass is 805 g/mol. The highest BCUT2D eigenvalue weighted by Gasteiger charge is 2.61. The van der Waals surface area contributed by atoms with Crippen LogP contribution in [0.4, 0.5) is 11.4 Å². The molecule has 0 radical (unpaired) electrons. The molecule has 3 aromatic rings. The fourth-order valence-electron chi connectivity index (χ4n) is 9.03. The Bertz CT molecular complexity index is 2080. The molecule has 12 nitrogen and oxygen atoms in total. The van der Waals surface area contributed by atoms with Crippen LogP contribution in [0.15, 0.2) is 70.8 Å². The minimum atomic E-state index is -4.06. The number of aliphatic hydroxyl groups is 1. The molecule has 0 saturated carbocycles. The van der Waals surface area contributed by atoms with Gasteiger partial charge in [-0.25, -0.2) is 13.2 Å². The zero-order chi connectivity index (χ0) is 40.4. The summed E-state index contributed by atoms with van der Waals surface area (Å²) in [5.41, 5.74) is 2.27. The van der Waals surface area contributed by atoms with Crippen LogP contribution in [0.2, 0.25) is 18.1 Å². The highest BCUT2D eigenvalue weighted by atomic mass is 32.2. The molecule has 1 saturated heterocycles. The summed E-state index contributed by atoms with van der Waals surface area (Å²) >= 11 is 0. The average molecular weight is 806 g/mol. The number of non-ortho nitro benzene ring substituents is 1. The smallest absolute Gasteiger partial charge is 0.355 e. The van der Waals surface area contributed by atoms with E-state index in [2.05, 4.69) is 20.8 Å². The quantitative estimate of drug-likeness (QED) is 0.0393. The number of hydrogen-bond acceptors (Lipinski definition) is 9. The van der Waals surface area contributed by atoms with Gasteiger partial charge in [-0.15, -0.1) is 0 Å². The van der Waals surface area contributed by atoms with Gasteiger partial charge >= 0.3 is 5.97 Å². The van der Waals surface area contributed by atoms with Crippen LogP contribution in [0.3, 0.4) is 0 Å². The topological polar surface area (TPSA) is 157 Å². The number of aliphatic hydroxyl groups excluding tert-OH is 1. The second-order valence-electron chi connectivity index (χ2n) is 15.6. The van der Waals surface area contributed by atoms with E-state index in [0.29, 0.717) is 28.6 Å². The van der Waals surface area contributed by atoms with E-state index in [4.69, 9.17) is 9.16 Å².